The van der Waals surface area contributed by atoms with Gasteiger partial charge in [-0.25, -0.2) is 0 Å². The van der Waals surface area contributed by atoms with Gasteiger partial charge in [-0.3, -0.25) is 5.10 Å². The van der Waals surface area contributed by atoms with Crippen molar-refractivity contribution in [2.24, 2.45) is 5.73 Å². The summed E-state index contributed by atoms with van der Waals surface area (Å²) in [7, 11) is 3.21. The Morgan fingerprint density at radius 2 is 2.04 bits per heavy atom. The zero-order chi connectivity index (χ0) is 19.0. The number of aromatic nitrogens is 2. The van der Waals surface area contributed by atoms with E-state index in [1.807, 2.05) is 36.4 Å². The van der Waals surface area contributed by atoms with Crippen LogP contribution in [-0.4, -0.2) is 24.4 Å². The van der Waals surface area contributed by atoms with Gasteiger partial charge in [0.25, 0.3) is 0 Å². The molecule has 136 valence electrons. The van der Waals surface area contributed by atoms with Crippen LogP contribution in [0.5, 0.6) is 11.6 Å². The highest BCUT2D eigenvalue weighted by atomic mass is 16.5. The fraction of sp³-hybridized carbons (Fsp3) is 0.200. The van der Waals surface area contributed by atoms with Gasteiger partial charge in [0.05, 0.1) is 30.9 Å². The van der Waals surface area contributed by atoms with Gasteiger partial charge in [0.1, 0.15) is 17.4 Å². The minimum Gasteiger partial charge on any atom is -0.496 e. The normalized spacial score (nSPS) is 16.0. The predicted octanol–water partition coefficient (Wildman–Crippen LogP) is 2.94. The lowest BCUT2D eigenvalue weighted by Gasteiger charge is -2.26. The first-order valence-corrected chi connectivity index (χ1v) is 8.38. The number of nitrogens with zero attached hydrogens (tertiary/aromatic N) is 2. The van der Waals surface area contributed by atoms with Gasteiger partial charge in [-0.05, 0) is 16.8 Å². The van der Waals surface area contributed by atoms with Crippen molar-refractivity contribution in [3.63, 3.8) is 0 Å². The maximum atomic E-state index is 9.84. The lowest BCUT2D eigenvalue weighted by Crippen LogP contribution is -2.22. The number of hydrogen-bond acceptors (Lipinski definition) is 6. The zero-order valence-corrected chi connectivity index (χ0v) is 14.9. The summed E-state index contributed by atoms with van der Waals surface area (Å²) in [5.41, 5.74) is 8.68. The van der Waals surface area contributed by atoms with Crippen molar-refractivity contribution in [3.8, 4) is 17.7 Å². The molecular weight excluding hydrogens is 344 g/mol. The van der Waals surface area contributed by atoms with Gasteiger partial charge in [-0.1, -0.05) is 30.3 Å². The summed E-state index contributed by atoms with van der Waals surface area (Å²) in [5, 5.41) is 19.0. The molecule has 7 heteroatoms. The molecule has 3 aromatic rings. The summed E-state index contributed by atoms with van der Waals surface area (Å²) in [6, 6.07) is 14.0. The van der Waals surface area contributed by atoms with Crippen LogP contribution < -0.4 is 15.2 Å². The van der Waals surface area contributed by atoms with Crippen molar-refractivity contribution in [2.45, 2.75) is 12.5 Å². The van der Waals surface area contributed by atoms with Crippen molar-refractivity contribution >= 4 is 10.8 Å². The molecule has 0 saturated heterocycles. The Kier molecular flexibility index (Phi) is 4.18. The molecule has 0 spiro atoms. The molecule has 4 rings (SSSR count). The number of allylic oxidation sites excluding steroid dienone is 1. The number of nitriles is 1. The second-order valence-electron chi connectivity index (χ2n) is 6.18. The van der Waals surface area contributed by atoms with E-state index < -0.39 is 5.92 Å². The largest absolute Gasteiger partial charge is 0.496 e. The minimum absolute atomic E-state index is 0.0421. The third-order valence-corrected chi connectivity index (χ3v) is 4.75. The molecule has 27 heavy (non-hydrogen) atoms. The van der Waals surface area contributed by atoms with Gasteiger partial charge in [0.15, 0.2) is 0 Å². The molecule has 7 nitrogen and oxygen atoms in total. The fourth-order valence-electron chi connectivity index (χ4n) is 3.60. The maximum Gasteiger partial charge on any atom is 0.244 e. The van der Waals surface area contributed by atoms with E-state index >= 15 is 0 Å². The summed E-state index contributed by atoms with van der Waals surface area (Å²) < 4.78 is 16.5. The number of benzene rings is 2. The van der Waals surface area contributed by atoms with E-state index in [2.05, 4.69) is 16.3 Å². The molecule has 1 unspecified atom stereocenters. The van der Waals surface area contributed by atoms with Crippen LogP contribution in [0.1, 0.15) is 22.7 Å². The molecule has 0 aliphatic carbocycles. The lowest BCUT2D eigenvalue weighted by molar-refractivity contribution is 0.180. The van der Waals surface area contributed by atoms with Crippen LogP contribution in [0.4, 0.5) is 0 Å². The Hall–Kier alpha value is -3.50. The molecule has 1 aromatic heterocycles. The van der Waals surface area contributed by atoms with E-state index in [4.69, 9.17) is 19.9 Å². The molecule has 3 N–H and O–H groups in total. The van der Waals surface area contributed by atoms with Crippen molar-refractivity contribution in [1.29, 1.82) is 5.26 Å². The van der Waals surface area contributed by atoms with Crippen LogP contribution >= 0.6 is 0 Å². The molecule has 2 aromatic carbocycles. The van der Waals surface area contributed by atoms with Gasteiger partial charge >= 0.3 is 0 Å². The van der Waals surface area contributed by atoms with E-state index in [0.717, 1.165) is 27.6 Å². The molecular formula is C20H18N4O3. The molecule has 0 bridgehead atoms. The van der Waals surface area contributed by atoms with E-state index in [0.29, 0.717) is 23.8 Å². The predicted molar refractivity (Wildman–Crippen MR) is 99.1 cm³/mol. The topological polar surface area (TPSA) is 106 Å². The third-order valence-electron chi connectivity index (χ3n) is 4.75. The average molecular weight is 362 g/mol. The standard InChI is InChI=1S/C20H18N4O3/c1-25-10-14-18-17(13(9-21)19(22)27-20(18)24-23-14)16-12-6-4-3-5-11(12)7-8-15(16)26-2/h3-8,17H,10,22H2,1-2H3,(H,23,24). The molecule has 2 heterocycles. The lowest BCUT2D eigenvalue weighted by atomic mass is 9.81. The maximum absolute atomic E-state index is 9.84. The Balaban J connectivity index is 2.08. The van der Waals surface area contributed by atoms with Crippen molar-refractivity contribution < 1.29 is 14.2 Å². The summed E-state index contributed by atoms with van der Waals surface area (Å²) in [6.45, 7) is 0.299. The number of nitrogens with two attached hydrogens (primary N) is 1. The quantitative estimate of drug-likeness (QED) is 0.739. The molecule has 1 aliphatic rings. The van der Waals surface area contributed by atoms with Crippen molar-refractivity contribution in [2.75, 3.05) is 14.2 Å². The summed E-state index contributed by atoms with van der Waals surface area (Å²) in [4.78, 5) is 0. The van der Waals surface area contributed by atoms with Crippen LogP contribution in [0.3, 0.4) is 0 Å². The number of methoxy groups -OCH3 is 2. The molecule has 0 fully saturated rings. The average Bonchev–Trinajstić information content (AvgIpc) is 3.08. The highest BCUT2D eigenvalue weighted by Gasteiger charge is 2.37. The Morgan fingerprint density at radius 3 is 2.78 bits per heavy atom. The first kappa shape index (κ1) is 16.9. The van der Waals surface area contributed by atoms with Crippen LogP contribution in [0.25, 0.3) is 10.8 Å². The Labute approximate surface area is 155 Å². The number of H-pyrrole nitrogens is 1. The zero-order valence-electron chi connectivity index (χ0n) is 14.9. The number of aromatic amines is 1. The Morgan fingerprint density at radius 1 is 1.22 bits per heavy atom. The number of nitrogens with one attached hydrogen (secondary N) is 1. The van der Waals surface area contributed by atoms with E-state index in [1.165, 1.54) is 0 Å². The van der Waals surface area contributed by atoms with E-state index in [1.54, 1.807) is 14.2 Å². The van der Waals surface area contributed by atoms with E-state index in [-0.39, 0.29) is 5.88 Å². The van der Waals surface area contributed by atoms with Crippen LogP contribution in [0.2, 0.25) is 0 Å². The highest BCUT2D eigenvalue weighted by Crippen LogP contribution is 2.48. The number of rotatable bonds is 4. The molecule has 0 radical (unpaired) electrons. The SMILES string of the molecule is COCc1[nH]nc2c1C(c1c(OC)ccc3ccccc13)C(C#N)=C(N)O2. The van der Waals surface area contributed by atoms with Crippen molar-refractivity contribution in [3.05, 3.63) is 64.7 Å². The third kappa shape index (κ3) is 2.58. The van der Waals surface area contributed by atoms with Gasteiger partial charge in [-0.15, -0.1) is 5.10 Å². The molecule has 1 atom stereocenters. The monoisotopic (exact) mass is 362 g/mol. The summed E-state index contributed by atoms with van der Waals surface area (Å²) >= 11 is 0. The van der Waals surface area contributed by atoms with E-state index in [9.17, 15) is 5.26 Å². The van der Waals surface area contributed by atoms with Crippen LogP contribution in [-0.2, 0) is 11.3 Å². The summed E-state index contributed by atoms with van der Waals surface area (Å²) in [6.07, 6.45) is 0. The minimum atomic E-state index is -0.483. The number of ether oxygens (including phenoxy) is 3. The number of fused-ring (bicyclic) bond motifs is 2. The second kappa shape index (κ2) is 6.67. The first-order valence-electron chi connectivity index (χ1n) is 8.38. The highest BCUT2D eigenvalue weighted by molar-refractivity contribution is 5.90. The van der Waals surface area contributed by atoms with Gasteiger partial charge in [0.2, 0.25) is 11.8 Å². The van der Waals surface area contributed by atoms with Crippen LogP contribution in [0.15, 0.2) is 47.9 Å². The summed E-state index contributed by atoms with van der Waals surface area (Å²) in [5.74, 6) is 0.569. The van der Waals surface area contributed by atoms with Crippen LogP contribution in [0, 0.1) is 11.3 Å². The molecule has 0 amide bonds. The van der Waals surface area contributed by atoms with Crippen molar-refractivity contribution in [1.82, 2.24) is 10.2 Å². The number of hydrogen-bond donors (Lipinski definition) is 2. The Bertz CT molecular complexity index is 1090. The molecule has 1 aliphatic heterocycles. The fourth-order valence-corrected chi connectivity index (χ4v) is 3.60. The smallest absolute Gasteiger partial charge is 0.244 e. The first-order chi connectivity index (χ1) is 13.2. The van der Waals surface area contributed by atoms with Gasteiger partial charge in [0, 0.05) is 12.7 Å². The van der Waals surface area contributed by atoms with Gasteiger partial charge in [-0.2, -0.15) is 5.26 Å². The second-order valence-corrected chi connectivity index (χ2v) is 6.18. The van der Waals surface area contributed by atoms with Gasteiger partial charge < -0.3 is 19.9 Å². The molecule has 0 saturated carbocycles.